The van der Waals surface area contributed by atoms with Crippen molar-refractivity contribution in [1.29, 1.82) is 0 Å². The number of hydrogen-bond donors (Lipinski definition) is 4. The van der Waals surface area contributed by atoms with Gasteiger partial charge in [0.2, 0.25) is 0 Å². The molecule has 0 radical (unpaired) electrons. The lowest BCUT2D eigenvalue weighted by Gasteiger charge is -2.24. The van der Waals surface area contributed by atoms with Crippen LogP contribution in [0, 0.1) is 12.8 Å². The van der Waals surface area contributed by atoms with Crippen LogP contribution in [0.2, 0.25) is 0 Å². The Kier molecular flexibility index (Phi) is 9.31. The molecule has 0 bridgehead atoms. The third-order valence-electron chi connectivity index (χ3n) is 5.83. The largest absolute Gasteiger partial charge is 0.469 e. The fourth-order valence-corrected chi connectivity index (χ4v) is 3.74. The normalized spacial score (nSPS) is 13.6. The van der Waals surface area contributed by atoms with Gasteiger partial charge in [-0.1, -0.05) is 36.8 Å². The Bertz CT molecular complexity index is 990. The molecule has 1 aliphatic heterocycles. The molecule has 0 aromatic heterocycles. The highest BCUT2D eigenvalue weighted by Crippen LogP contribution is 2.21. The third kappa shape index (κ3) is 7.61. The van der Waals surface area contributed by atoms with E-state index in [2.05, 4.69) is 26.6 Å². The van der Waals surface area contributed by atoms with E-state index < -0.39 is 23.9 Å². The number of imide groups is 1. The average Bonchev–Trinajstić information content (AvgIpc) is 3.41. The molecule has 2 aromatic carbocycles. The summed E-state index contributed by atoms with van der Waals surface area (Å²) in [7, 11) is 1.27. The molecule has 3 rings (SSSR count). The smallest absolute Gasteiger partial charge is 0.341 e. The molecule has 1 fully saturated rings. The van der Waals surface area contributed by atoms with Crippen molar-refractivity contribution in [1.82, 2.24) is 21.2 Å². The fourth-order valence-electron chi connectivity index (χ4n) is 3.74. The second-order valence-corrected chi connectivity index (χ2v) is 8.60. The van der Waals surface area contributed by atoms with E-state index in [1.54, 1.807) is 6.92 Å². The summed E-state index contributed by atoms with van der Waals surface area (Å²) in [6, 6.07) is 14.2. The van der Waals surface area contributed by atoms with E-state index in [1.807, 2.05) is 55.5 Å². The van der Waals surface area contributed by atoms with Crippen molar-refractivity contribution in [3.8, 4) is 0 Å². The highest BCUT2D eigenvalue weighted by Gasteiger charge is 2.27. The maximum absolute atomic E-state index is 12.8. The average molecular weight is 483 g/mol. The second-order valence-electron chi connectivity index (χ2n) is 8.60. The van der Waals surface area contributed by atoms with E-state index >= 15 is 0 Å². The van der Waals surface area contributed by atoms with Gasteiger partial charge >= 0.3 is 18.0 Å². The zero-order valence-electron chi connectivity index (χ0n) is 20.5. The molecule has 1 aliphatic rings. The van der Waals surface area contributed by atoms with Crippen LogP contribution in [0.15, 0.2) is 48.5 Å². The molecule has 1 atom stereocenters. The third-order valence-corrected chi connectivity index (χ3v) is 5.83. The number of amides is 4. The minimum atomic E-state index is -0.719. The van der Waals surface area contributed by atoms with Crippen LogP contribution in [0.4, 0.5) is 21.0 Å². The van der Waals surface area contributed by atoms with Crippen molar-refractivity contribution < 1.29 is 19.1 Å². The topological polar surface area (TPSA) is 115 Å². The molecular formula is C25H34N6O4. The van der Waals surface area contributed by atoms with Crippen LogP contribution >= 0.6 is 0 Å². The van der Waals surface area contributed by atoms with Gasteiger partial charge in [0.1, 0.15) is 0 Å². The van der Waals surface area contributed by atoms with E-state index in [1.165, 1.54) is 20.0 Å². The van der Waals surface area contributed by atoms with Gasteiger partial charge in [-0.3, -0.25) is 10.2 Å². The van der Waals surface area contributed by atoms with Crippen molar-refractivity contribution in [2.24, 2.45) is 5.92 Å². The molecule has 35 heavy (non-hydrogen) atoms. The standard InChI is InChI=1S/C25H34N6O4/c1-18-6-8-20(9-7-18)16-26-24(33)31(17-19(2)23(32)35-3)25(34)28-29-27-21-10-12-22(13-11-21)30-14-4-5-15-30/h6-13,19,27,29H,4-5,14-17H2,1-3H3,(H,26,33)(H,28,34)/t19-/m0/s1. The molecule has 10 nitrogen and oxygen atoms in total. The van der Waals surface area contributed by atoms with Crippen LogP contribution in [0.5, 0.6) is 0 Å². The van der Waals surface area contributed by atoms with Crippen LogP contribution in [-0.4, -0.2) is 49.7 Å². The number of benzene rings is 2. The second kappa shape index (κ2) is 12.6. The Labute approximate surface area is 205 Å². The zero-order chi connectivity index (χ0) is 25.2. The molecule has 10 heteroatoms. The lowest BCUT2D eigenvalue weighted by Crippen LogP contribution is -2.54. The molecule has 4 N–H and O–H groups in total. The van der Waals surface area contributed by atoms with Gasteiger partial charge in [-0.15, -0.1) is 5.53 Å². The van der Waals surface area contributed by atoms with E-state index in [-0.39, 0.29) is 13.1 Å². The maximum Gasteiger partial charge on any atom is 0.341 e. The molecule has 1 heterocycles. The van der Waals surface area contributed by atoms with Gasteiger partial charge in [0, 0.05) is 31.9 Å². The van der Waals surface area contributed by atoms with Crippen LogP contribution in [0.1, 0.15) is 30.9 Å². The fraction of sp³-hybridized carbons (Fsp3) is 0.400. The quantitative estimate of drug-likeness (QED) is 0.321. The van der Waals surface area contributed by atoms with Crippen LogP contribution < -0.4 is 26.6 Å². The predicted octanol–water partition coefficient (Wildman–Crippen LogP) is 3.16. The monoisotopic (exact) mass is 482 g/mol. The Morgan fingerprint density at radius 2 is 1.66 bits per heavy atom. The molecule has 0 aliphatic carbocycles. The van der Waals surface area contributed by atoms with Gasteiger partial charge in [-0.25, -0.2) is 14.5 Å². The number of methoxy groups -OCH3 is 1. The summed E-state index contributed by atoms with van der Waals surface area (Å²) in [5.74, 6) is -1.21. The Morgan fingerprint density at radius 3 is 2.29 bits per heavy atom. The predicted molar refractivity (Wildman–Crippen MR) is 134 cm³/mol. The molecule has 188 valence electrons. The number of anilines is 2. The summed E-state index contributed by atoms with van der Waals surface area (Å²) in [6.45, 7) is 5.79. The minimum absolute atomic E-state index is 0.148. The Morgan fingerprint density at radius 1 is 1.00 bits per heavy atom. The number of urea groups is 2. The van der Waals surface area contributed by atoms with E-state index in [4.69, 9.17) is 4.74 Å². The Balaban J connectivity index is 1.55. The summed E-state index contributed by atoms with van der Waals surface area (Å²) in [5, 5.41) is 2.72. The highest BCUT2D eigenvalue weighted by molar-refractivity contribution is 5.93. The number of rotatable bonds is 9. The SMILES string of the molecule is COC(=O)[C@@H](C)CN(C(=O)NCc1ccc(C)cc1)C(=O)NNNc1ccc(N2CCCC2)cc1. The van der Waals surface area contributed by atoms with E-state index in [0.29, 0.717) is 0 Å². The molecular weight excluding hydrogens is 448 g/mol. The van der Waals surface area contributed by atoms with Crippen molar-refractivity contribution in [2.45, 2.75) is 33.2 Å². The van der Waals surface area contributed by atoms with E-state index in [0.717, 1.165) is 40.5 Å². The van der Waals surface area contributed by atoms with Gasteiger partial charge in [-0.2, -0.15) is 0 Å². The van der Waals surface area contributed by atoms with Gasteiger partial charge in [-0.05, 0) is 49.6 Å². The summed E-state index contributed by atoms with van der Waals surface area (Å²) in [4.78, 5) is 40.8. The van der Waals surface area contributed by atoms with Gasteiger partial charge in [0.15, 0.2) is 0 Å². The lowest BCUT2D eigenvalue weighted by atomic mass is 10.1. The van der Waals surface area contributed by atoms with Crippen LogP contribution in [-0.2, 0) is 16.1 Å². The lowest BCUT2D eigenvalue weighted by molar-refractivity contribution is -0.144. The molecule has 0 spiro atoms. The first-order valence-corrected chi connectivity index (χ1v) is 11.7. The van der Waals surface area contributed by atoms with Crippen molar-refractivity contribution in [2.75, 3.05) is 37.1 Å². The molecule has 0 unspecified atom stereocenters. The summed E-state index contributed by atoms with van der Waals surface area (Å²) in [6.07, 6.45) is 2.41. The molecule has 2 aromatic rings. The molecule has 1 saturated heterocycles. The minimum Gasteiger partial charge on any atom is -0.469 e. The molecule has 4 amide bonds. The van der Waals surface area contributed by atoms with Crippen molar-refractivity contribution >= 4 is 29.4 Å². The number of nitrogens with one attached hydrogen (secondary N) is 4. The number of aryl methyl sites for hydroxylation is 1. The number of hydrogen-bond acceptors (Lipinski definition) is 7. The number of ether oxygens (including phenoxy) is 1. The maximum atomic E-state index is 12.8. The van der Waals surface area contributed by atoms with Gasteiger partial charge in [0.05, 0.1) is 18.7 Å². The van der Waals surface area contributed by atoms with Gasteiger partial charge < -0.3 is 20.4 Å². The Hall–Kier alpha value is -3.79. The first-order chi connectivity index (χ1) is 16.9. The van der Waals surface area contributed by atoms with Gasteiger partial charge in [0.25, 0.3) is 0 Å². The number of carbonyl (C=O) groups excluding carboxylic acids is 3. The van der Waals surface area contributed by atoms with Crippen molar-refractivity contribution in [3.05, 3.63) is 59.7 Å². The van der Waals surface area contributed by atoms with Crippen molar-refractivity contribution in [3.63, 3.8) is 0 Å². The van der Waals surface area contributed by atoms with E-state index in [9.17, 15) is 14.4 Å². The van der Waals surface area contributed by atoms with Crippen LogP contribution in [0.25, 0.3) is 0 Å². The molecule has 0 saturated carbocycles. The summed E-state index contributed by atoms with van der Waals surface area (Å²) in [5.41, 5.74) is 11.9. The first-order valence-electron chi connectivity index (χ1n) is 11.7. The number of hydrazine groups is 2. The zero-order valence-corrected chi connectivity index (χ0v) is 20.5. The highest BCUT2D eigenvalue weighted by atomic mass is 16.5. The van der Waals surface area contributed by atoms with Crippen LogP contribution in [0.3, 0.4) is 0 Å². The first kappa shape index (κ1) is 25.8. The summed E-state index contributed by atoms with van der Waals surface area (Å²) >= 11 is 0. The number of carbonyl (C=O) groups is 3. The summed E-state index contributed by atoms with van der Waals surface area (Å²) < 4.78 is 4.74. The number of nitrogens with zero attached hydrogens (tertiary/aromatic N) is 2. The number of esters is 1.